The average Bonchev–Trinajstić information content (AvgIpc) is 2.62. The first kappa shape index (κ1) is 9.66. The summed E-state index contributed by atoms with van der Waals surface area (Å²) in [5.41, 5.74) is 2.40. The SMILES string of the molecule is O=C(O)C1(c2ccc3c(c2)CCN3)COC1. The van der Waals surface area contributed by atoms with Crippen LogP contribution in [-0.4, -0.2) is 30.8 Å². The predicted octanol–water partition coefficient (Wildman–Crippen LogP) is 1.01. The minimum absolute atomic E-state index is 0.286. The Morgan fingerprint density at radius 3 is 2.88 bits per heavy atom. The lowest BCUT2D eigenvalue weighted by Gasteiger charge is -2.37. The molecule has 0 saturated carbocycles. The normalized spacial score (nSPS) is 20.8. The molecule has 1 aromatic rings. The molecule has 1 saturated heterocycles. The van der Waals surface area contributed by atoms with Gasteiger partial charge < -0.3 is 15.2 Å². The summed E-state index contributed by atoms with van der Waals surface area (Å²) in [6.07, 6.45) is 0.972. The summed E-state index contributed by atoms with van der Waals surface area (Å²) in [5.74, 6) is -0.787. The second kappa shape index (κ2) is 3.22. The molecule has 3 rings (SSSR count). The molecule has 0 bridgehead atoms. The van der Waals surface area contributed by atoms with Gasteiger partial charge in [-0.1, -0.05) is 12.1 Å². The Hall–Kier alpha value is -1.55. The third kappa shape index (κ3) is 1.16. The zero-order valence-electron chi connectivity index (χ0n) is 8.82. The van der Waals surface area contributed by atoms with Crippen LogP contribution in [0.25, 0.3) is 0 Å². The van der Waals surface area contributed by atoms with Crippen LogP contribution in [0.5, 0.6) is 0 Å². The molecule has 0 amide bonds. The fourth-order valence-corrected chi connectivity index (χ4v) is 2.32. The second-order valence-electron chi connectivity index (χ2n) is 4.43. The van der Waals surface area contributed by atoms with Crippen LogP contribution >= 0.6 is 0 Å². The Morgan fingerprint density at radius 2 is 2.25 bits per heavy atom. The number of nitrogens with one attached hydrogen (secondary N) is 1. The van der Waals surface area contributed by atoms with E-state index in [4.69, 9.17) is 4.74 Å². The highest BCUT2D eigenvalue weighted by atomic mass is 16.5. The molecule has 2 N–H and O–H groups in total. The quantitative estimate of drug-likeness (QED) is 0.779. The molecule has 0 spiro atoms. The first-order valence-electron chi connectivity index (χ1n) is 5.41. The summed E-state index contributed by atoms with van der Waals surface area (Å²) >= 11 is 0. The largest absolute Gasteiger partial charge is 0.480 e. The van der Waals surface area contributed by atoms with Crippen LogP contribution in [0.1, 0.15) is 11.1 Å². The zero-order valence-corrected chi connectivity index (χ0v) is 8.82. The molecule has 16 heavy (non-hydrogen) atoms. The number of carbonyl (C=O) groups is 1. The molecule has 0 aromatic heterocycles. The number of carboxylic acid groups (broad SMARTS) is 1. The Bertz CT molecular complexity index is 452. The highest BCUT2D eigenvalue weighted by Gasteiger charge is 2.48. The van der Waals surface area contributed by atoms with Gasteiger partial charge in [-0.25, -0.2) is 0 Å². The monoisotopic (exact) mass is 219 g/mol. The minimum atomic E-state index is -0.808. The number of ether oxygens (including phenoxy) is 1. The standard InChI is InChI=1S/C12H13NO3/c14-11(15)12(6-16-7-12)9-1-2-10-8(5-9)3-4-13-10/h1-2,5,13H,3-4,6-7H2,(H,14,15). The van der Waals surface area contributed by atoms with Gasteiger partial charge in [-0.05, 0) is 23.6 Å². The number of carboxylic acids is 1. The maximum absolute atomic E-state index is 11.3. The fraction of sp³-hybridized carbons (Fsp3) is 0.417. The summed E-state index contributed by atoms with van der Waals surface area (Å²) in [7, 11) is 0. The van der Waals surface area contributed by atoms with Crippen molar-refractivity contribution in [2.45, 2.75) is 11.8 Å². The van der Waals surface area contributed by atoms with E-state index in [1.807, 2.05) is 18.2 Å². The Morgan fingerprint density at radius 1 is 1.44 bits per heavy atom. The molecule has 0 atom stereocenters. The molecular weight excluding hydrogens is 206 g/mol. The molecule has 0 radical (unpaired) electrons. The van der Waals surface area contributed by atoms with E-state index < -0.39 is 11.4 Å². The summed E-state index contributed by atoms with van der Waals surface area (Å²) in [6, 6.07) is 5.88. The van der Waals surface area contributed by atoms with Gasteiger partial charge in [-0.15, -0.1) is 0 Å². The van der Waals surface area contributed by atoms with Crippen molar-refractivity contribution in [1.82, 2.24) is 0 Å². The van der Waals surface area contributed by atoms with Crippen molar-refractivity contribution >= 4 is 11.7 Å². The van der Waals surface area contributed by atoms with Crippen LogP contribution in [0.4, 0.5) is 5.69 Å². The molecule has 4 heteroatoms. The lowest BCUT2D eigenvalue weighted by Crippen LogP contribution is -2.53. The molecule has 4 nitrogen and oxygen atoms in total. The van der Waals surface area contributed by atoms with Crippen LogP contribution in [0.2, 0.25) is 0 Å². The zero-order chi connectivity index (χ0) is 11.2. The van der Waals surface area contributed by atoms with Gasteiger partial charge in [-0.3, -0.25) is 4.79 Å². The van der Waals surface area contributed by atoms with Crippen molar-refractivity contribution in [3.8, 4) is 0 Å². The topological polar surface area (TPSA) is 58.6 Å². The van der Waals surface area contributed by atoms with E-state index >= 15 is 0 Å². The van der Waals surface area contributed by atoms with Gasteiger partial charge in [0.15, 0.2) is 0 Å². The van der Waals surface area contributed by atoms with Crippen molar-refractivity contribution in [2.24, 2.45) is 0 Å². The second-order valence-corrected chi connectivity index (χ2v) is 4.43. The third-order valence-corrected chi connectivity index (χ3v) is 3.47. The molecule has 1 fully saturated rings. The van der Waals surface area contributed by atoms with Gasteiger partial charge in [0.1, 0.15) is 5.41 Å². The first-order valence-corrected chi connectivity index (χ1v) is 5.41. The van der Waals surface area contributed by atoms with Gasteiger partial charge in [-0.2, -0.15) is 0 Å². The van der Waals surface area contributed by atoms with E-state index in [9.17, 15) is 9.90 Å². The molecule has 2 aliphatic heterocycles. The number of aliphatic carboxylic acids is 1. The summed E-state index contributed by atoms with van der Waals surface area (Å²) < 4.78 is 5.08. The van der Waals surface area contributed by atoms with Crippen molar-refractivity contribution in [2.75, 3.05) is 25.1 Å². The number of hydrogen-bond donors (Lipinski definition) is 2. The molecule has 2 heterocycles. The third-order valence-electron chi connectivity index (χ3n) is 3.47. The van der Waals surface area contributed by atoms with Crippen LogP contribution in [0.15, 0.2) is 18.2 Å². The van der Waals surface area contributed by atoms with Gasteiger partial charge >= 0.3 is 5.97 Å². The first-order chi connectivity index (χ1) is 7.72. The lowest BCUT2D eigenvalue weighted by molar-refractivity contribution is -0.163. The molecular formula is C12H13NO3. The van der Waals surface area contributed by atoms with E-state index in [2.05, 4.69) is 5.32 Å². The van der Waals surface area contributed by atoms with Gasteiger partial charge in [0.25, 0.3) is 0 Å². The molecule has 0 unspecified atom stereocenters. The molecule has 84 valence electrons. The van der Waals surface area contributed by atoms with Crippen molar-refractivity contribution in [3.05, 3.63) is 29.3 Å². The Labute approximate surface area is 93.2 Å². The number of rotatable bonds is 2. The predicted molar refractivity (Wildman–Crippen MR) is 58.8 cm³/mol. The number of benzene rings is 1. The van der Waals surface area contributed by atoms with E-state index in [0.29, 0.717) is 0 Å². The molecule has 2 aliphatic rings. The van der Waals surface area contributed by atoms with Gasteiger partial charge in [0.05, 0.1) is 13.2 Å². The molecule has 0 aliphatic carbocycles. The van der Waals surface area contributed by atoms with E-state index in [0.717, 1.165) is 24.2 Å². The van der Waals surface area contributed by atoms with Crippen LogP contribution < -0.4 is 5.32 Å². The Balaban J connectivity index is 2.03. The maximum atomic E-state index is 11.3. The van der Waals surface area contributed by atoms with E-state index in [1.165, 1.54) is 5.56 Å². The highest BCUT2D eigenvalue weighted by molar-refractivity contribution is 5.83. The van der Waals surface area contributed by atoms with Crippen LogP contribution in [-0.2, 0) is 21.4 Å². The van der Waals surface area contributed by atoms with Crippen molar-refractivity contribution in [1.29, 1.82) is 0 Å². The van der Waals surface area contributed by atoms with Gasteiger partial charge in [0, 0.05) is 12.2 Å². The highest BCUT2D eigenvalue weighted by Crippen LogP contribution is 2.35. The number of hydrogen-bond acceptors (Lipinski definition) is 3. The smallest absolute Gasteiger partial charge is 0.318 e. The van der Waals surface area contributed by atoms with Crippen molar-refractivity contribution in [3.63, 3.8) is 0 Å². The fourth-order valence-electron chi connectivity index (χ4n) is 2.32. The molecule has 1 aromatic carbocycles. The van der Waals surface area contributed by atoms with E-state index in [-0.39, 0.29) is 13.2 Å². The Kier molecular flexibility index (Phi) is 1.94. The van der Waals surface area contributed by atoms with Gasteiger partial charge in [0.2, 0.25) is 0 Å². The summed E-state index contributed by atoms with van der Waals surface area (Å²) in [4.78, 5) is 11.3. The van der Waals surface area contributed by atoms with Crippen LogP contribution in [0.3, 0.4) is 0 Å². The lowest BCUT2D eigenvalue weighted by atomic mass is 9.78. The van der Waals surface area contributed by atoms with Crippen LogP contribution in [0, 0.1) is 0 Å². The summed E-state index contributed by atoms with van der Waals surface area (Å²) in [6.45, 7) is 1.51. The maximum Gasteiger partial charge on any atom is 0.318 e. The van der Waals surface area contributed by atoms with Crippen molar-refractivity contribution < 1.29 is 14.6 Å². The average molecular weight is 219 g/mol. The number of fused-ring (bicyclic) bond motifs is 1. The number of anilines is 1. The minimum Gasteiger partial charge on any atom is -0.480 e. The van der Waals surface area contributed by atoms with E-state index in [1.54, 1.807) is 0 Å². The summed E-state index contributed by atoms with van der Waals surface area (Å²) in [5, 5.41) is 12.6.